The molecule has 1 N–H and O–H groups in total. The number of rotatable bonds is 7. The van der Waals surface area contributed by atoms with Gasteiger partial charge >= 0.3 is 0 Å². The summed E-state index contributed by atoms with van der Waals surface area (Å²) in [6, 6.07) is 17.4. The highest BCUT2D eigenvalue weighted by Gasteiger charge is 2.34. The van der Waals surface area contributed by atoms with E-state index in [-0.39, 0.29) is 11.5 Å². The lowest BCUT2D eigenvalue weighted by Crippen LogP contribution is -2.43. The van der Waals surface area contributed by atoms with Crippen molar-refractivity contribution in [2.24, 2.45) is 5.92 Å². The molecule has 0 radical (unpaired) electrons. The maximum absolute atomic E-state index is 14.1. The summed E-state index contributed by atoms with van der Waals surface area (Å²) in [4.78, 5) is 28.4. The highest BCUT2D eigenvalue weighted by molar-refractivity contribution is 5.98. The van der Waals surface area contributed by atoms with E-state index in [1.54, 1.807) is 7.11 Å². The second kappa shape index (κ2) is 10.8. The minimum Gasteiger partial charge on any atom is -0.495 e. The van der Waals surface area contributed by atoms with Crippen LogP contribution in [0.15, 0.2) is 66.7 Å². The first-order valence-electron chi connectivity index (χ1n) is 11.6. The minimum absolute atomic E-state index is 0.207. The van der Waals surface area contributed by atoms with Gasteiger partial charge in [-0.15, -0.1) is 0 Å². The number of amides is 1. The molecule has 7 heteroatoms. The van der Waals surface area contributed by atoms with Gasteiger partial charge in [-0.2, -0.15) is 0 Å². The van der Waals surface area contributed by atoms with Crippen molar-refractivity contribution in [1.82, 2.24) is 4.90 Å². The molecular formula is C28H28F2N2O3. The molecule has 0 aliphatic carbocycles. The molecule has 1 unspecified atom stereocenters. The number of nitrogens with zero attached hydrogens (tertiary/aromatic N) is 1. The van der Waals surface area contributed by atoms with Crippen molar-refractivity contribution in [3.63, 3.8) is 0 Å². The Morgan fingerprint density at radius 1 is 1.00 bits per heavy atom. The van der Waals surface area contributed by atoms with Gasteiger partial charge in [-0.1, -0.05) is 36.4 Å². The first kappa shape index (κ1) is 24.5. The number of anilines is 1. The van der Waals surface area contributed by atoms with Gasteiger partial charge in [-0.25, -0.2) is 8.78 Å². The molecule has 1 fully saturated rings. The van der Waals surface area contributed by atoms with E-state index in [9.17, 15) is 18.4 Å². The number of carbonyl (C=O) groups is 2. The molecule has 1 saturated heterocycles. The van der Waals surface area contributed by atoms with Gasteiger partial charge in [-0.3, -0.25) is 14.5 Å². The molecule has 0 saturated carbocycles. The van der Waals surface area contributed by atoms with Crippen LogP contribution < -0.4 is 10.1 Å². The molecule has 1 atom stereocenters. The number of ketones is 1. The van der Waals surface area contributed by atoms with Crippen molar-refractivity contribution in [3.05, 3.63) is 95.1 Å². The Morgan fingerprint density at radius 2 is 1.71 bits per heavy atom. The molecule has 1 aliphatic heterocycles. The van der Waals surface area contributed by atoms with E-state index in [1.807, 2.05) is 60.4 Å². The number of benzene rings is 3. The third kappa shape index (κ3) is 5.57. The number of hydrogen-bond acceptors (Lipinski definition) is 4. The monoisotopic (exact) mass is 478 g/mol. The zero-order chi connectivity index (χ0) is 24.9. The average Bonchev–Trinajstić information content (AvgIpc) is 2.86. The number of nitrogens with one attached hydrogen (secondary N) is 1. The molecule has 0 spiro atoms. The first-order chi connectivity index (χ1) is 16.9. The zero-order valence-electron chi connectivity index (χ0n) is 19.8. The molecule has 1 heterocycles. The summed E-state index contributed by atoms with van der Waals surface area (Å²) in [5, 5.41) is 3.01. The van der Waals surface area contributed by atoms with Crippen molar-refractivity contribution in [3.8, 4) is 5.75 Å². The van der Waals surface area contributed by atoms with Crippen molar-refractivity contribution in [2.75, 3.05) is 25.5 Å². The van der Waals surface area contributed by atoms with E-state index in [4.69, 9.17) is 4.74 Å². The van der Waals surface area contributed by atoms with Crippen molar-refractivity contribution >= 4 is 17.4 Å². The summed E-state index contributed by atoms with van der Waals surface area (Å²) in [7, 11) is 1.55. The maximum atomic E-state index is 14.1. The fraction of sp³-hybridized carbons (Fsp3) is 0.286. The van der Waals surface area contributed by atoms with E-state index < -0.39 is 29.4 Å². The number of methoxy groups -OCH3 is 1. The molecule has 0 aromatic heterocycles. The summed E-state index contributed by atoms with van der Waals surface area (Å²) in [6.07, 6.45) is 0.887. The van der Waals surface area contributed by atoms with Crippen LogP contribution in [0.2, 0.25) is 0 Å². The van der Waals surface area contributed by atoms with Gasteiger partial charge in [-0.05, 0) is 74.3 Å². The van der Waals surface area contributed by atoms with Crippen molar-refractivity contribution in [2.45, 2.75) is 25.8 Å². The van der Waals surface area contributed by atoms with E-state index in [0.717, 1.165) is 29.3 Å². The lowest BCUT2D eigenvalue weighted by Gasteiger charge is -2.36. The van der Waals surface area contributed by atoms with Crippen LogP contribution in [-0.4, -0.2) is 36.8 Å². The fourth-order valence-corrected chi connectivity index (χ4v) is 4.61. The molecule has 5 nitrogen and oxygen atoms in total. The number of Topliss-reactive ketones (excluding diaryl/α,β-unsaturated/α-hetero) is 1. The number of piperidine rings is 1. The Labute approximate surface area is 203 Å². The summed E-state index contributed by atoms with van der Waals surface area (Å²) < 4.78 is 33.1. The number of carbonyl (C=O) groups excluding carboxylic acids is 2. The Bertz CT molecular complexity index is 1210. The summed E-state index contributed by atoms with van der Waals surface area (Å²) in [6.45, 7) is 2.86. The fourth-order valence-electron chi connectivity index (χ4n) is 4.61. The third-order valence-electron chi connectivity index (χ3n) is 6.44. The highest BCUT2D eigenvalue weighted by atomic mass is 19.1. The van der Waals surface area contributed by atoms with Crippen LogP contribution in [0.5, 0.6) is 5.75 Å². The van der Waals surface area contributed by atoms with Crippen LogP contribution in [-0.2, 0) is 4.79 Å². The van der Waals surface area contributed by atoms with Crippen LogP contribution in [0.3, 0.4) is 0 Å². The Hall–Kier alpha value is -3.58. The summed E-state index contributed by atoms with van der Waals surface area (Å²) in [5.41, 5.74) is 2.19. The molecule has 182 valence electrons. The number of halogens is 2. The van der Waals surface area contributed by atoms with Crippen LogP contribution in [0.4, 0.5) is 14.5 Å². The van der Waals surface area contributed by atoms with Gasteiger partial charge in [0.2, 0.25) is 5.91 Å². The third-order valence-corrected chi connectivity index (χ3v) is 6.44. The van der Waals surface area contributed by atoms with E-state index in [0.29, 0.717) is 37.4 Å². The van der Waals surface area contributed by atoms with E-state index >= 15 is 0 Å². The Morgan fingerprint density at radius 3 is 2.40 bits per heavy atom. The van der Waals surface area contributed by atoms with Crippen molar-refractivity contribution in [1.29, 1.82) is 0 Å². The predicted molar refractivity (Wildman–Crippen MR) is 131 cm³/mol. The highest BCUT2D eigenvalue weighted by Crippen LogP contribution is 2.32. The van der Waals surface area contributed by atoms with Crippen LogP contribution in [0.25, 0.3) is 0 Å². The average molecular weight is 479 g/mol. The predicted octanol–water partition coefficient (Wildman–Crippen LogP) is 5.56. The molecular weight excluding hydrogens is 450 g/mol. The largest absolute Gasteiger partial charge is 0.495 e. The lowest BCUT2D eigenvalue weighted by molar-refractivity contribution is -0.122. The van der Waals surface area contributed by atoms with Crippen LogP contribution >= 0.6 is 0 Å². The van der Waals surface area contributed by atoms with Crippen molar-refractivity contribution < 1.29 is 23.1 Å². The first-order valence-corrected chi connectivity index (χ1v) is 11.6. The number of likely N-dealkylation sites (tertiary alicyclic amines) is 1. The SMILES string of the molecule is COc1ccc(C)cc1NC(=O)C(c1ccccc1)N1CCC(C(=O)c2cc(F)ccc2F)CC1. The number of aryl methyl sites for hydroxylation is 1. The summed E-state index contributed by atoms with van der Waals surface area (Å²) >= 11 is 0. The molecule has 0 bridgehead atoms. The van der Waals surface area contributed by atoms with Gasteiger partial charge in [0.05, 0.1) is 18.4 Å². The smallest absolute Gasteiger partial charge is 0.246 e. The molecule has 1 aliphatic rings. The molecule has 4 rings (SSSR count). The molecule has 3 aromatic carbocycles. The van der Waals surface area contributed by atoms with Gasteiger partial charge in [0.25, 0.3) is 0 Å². The van der Waals surface area contributed by atoms with Crippen LogP contribution in [0, 0.1) is 24.5 Å². The second-order valence-corrected chi connectivity index (χ2v) is 8.80. The quantitative estimate of drug-likeness (QED) is 0.452. The van der Waals surface area contributed by atoms with Gasteiger partial charge in [0.1, 0.15) is 23.4 Å². The second-order valence-electron chi connectivity index (χ2n) is 8.80. The van der Waals surface area contributed by atoms with Crippen LogP contribution in [0.1, 0.15) is 40.4 Å². The number of hydrogen-bond donors (Lipinski definition) is 1. The zero-order valence-corrected chi connectivity index (χ0v) is 19.8. The van der Waals surface area contributed by atoms with E-state index in [1.165, 1.54) is 0 Å². The number of ether oxygens (including phenoxy) is 1. The summed E-state index contributed by atoms with van der Waals surface area (Å²) in [5.74, 6) is -1.82. The maximum Gasteiger partial charge on any atom is 0.246 e. The lowest BCUT2D eigenvalue weighted by atomic mass is 9.87. The molecule has 35 heavy (non-hydrogen) atoms. The Kier molecular flexibility index (Phi) is 7.56. The van der Waals surface area contributed by atoms with Gasteiger partial charge in [0, 0.05) is 5.92 Å². The minimum atomic E-state index is -0.715. The standard InChI is InChI=1S/C28H28F2N2O3/c1-18-8-11-25(35-2)24(16-18)31-28(34)26(19-6-4-3-5-7-19)32-14-12-20(13-15-32)27(33)22-17-21(29)9-10-23(22)30/h3-11,16-17,20,26H,12-15H2,1-2H3,(H,31,34). The normalized spacial score (nSPS) is 15.4. The molecule has 3 aromatic rings. The van der Waals surface area contributed by atoms with E-state index in [2.05, 4.69) is 5.32 Å². The molecule has 1 amide bonds. The Balaban J connectivity index is 1.53. The van der Waals surface area contributed by atoms with Gasteiger partial charge in [0.15, 0.2) is 5.78 Å². The topological polar surface area (TPSA) is 58.6 Å². The van der Waals surface area contributed by atoms with Gasteiger partial charge < -0.3 is 10.1 Å².